The molecular weight excluding hydrogens is 331 g/mol. The Hall–Kier alpha value is -1.34. The number of carbonyl (C=O) groups excluding carboxylic acids is 1. The second kappa shape index (κ2) is 6.28. The average Bonchev–Trinajstić information content (AvgIpc) is 2.79. The molecule has 0 aromatic carbocycles. The van der Waals surface area contributed by atoms with E-state index >= 15 is 0 Å². The molecule has 0 aliphatic carbocycles. The molecule has 2 aliphatic rings. The van der Waals surface area contributed by atoms with E-state index in [2.05, 4.69) is 17.2 Å². The van der Waals surface area contributed by atoms with Crippen molar-refractivity contribution in [3.63, 3.8) is 0 Å². The van der Waals surface area contributed by atoms with E-state index in [4.69, 9.17) is 0 Å². The molecule has 3 heterocycles. The Morgan fingerprint density at radius 2 is 2.17 bits per heavy atom. The summed E-state index contributed by atoms with van der Waals surface area (Å²) in [6, 6.07) is 1.88. The summed E-state index contributed by atoms with van der Waals surface area (Å²) in [7, 11) is 0. The quantitative estimate of drug-likeness (QED) is 0.848. The maximum atomic E-state index is 12.8. The van der Waals surface area contributed by atoms with Gasteiger partial charge in [-0.1, -0.05) is 6.92 Å². The number of anilines is 1. The van der Waals surface area contributed by atoms with Crippen molar-refractivity contribution in [1.82, 2.24) is 10.3 Å². The molecule has 0 bridgehead atoms. The van der Waals surface area contributed by atoms with Crippen molar-refractivity contribution in [2.45, 2.75) is 25.9 Å². The first kappa shape index (κ1) is 18.0. The van der Waals surface area contributed by atoms with Crippen molar-refractivity contribution in [1.29, 1.82) is 0 Å². The van der Waals surface area contributed by atoms with Crippen molar-refractivity contribution < 1.29 is 18.0 Å². The lowest BCUT2D eigenvalue weighted by Gasteiger charge is -2.39. The number of carbonyl (C=O) groups is 1. The maximum absolute atomic E-state index is 12.8. The van der Waals surface area contributed by atoms with Gasteiger partial charge in [-0.25, -0.2) is 4.98 Å². The molecule has 1 N–H and O–H groups in total. The van der Waals surface area contributed by atoms with Gasteiger partial charge in [-0.2, -0.15) is 13.2 Å². The lowest BCUT2D eigenvalue weighted by molar-refractivity contribution is -0.137. The zero-order valence-corrected chi connectivity index (χ0v) is 13.5. The predicted octanol–water partition coefficient (Wildman–Crippen LogP) is 2.87. The molecule has 0 saturated carbocycles. The molecule has 128 valence electrons. The largest absolute Gasteiger partial charge is 0.416 e. The fourth-order valence-electron chi connectivity index (χ4n) is 3.42. The molecule has 0 radical (unpaired) electrons. The van der Waals surface area contributed by atoms with Gasteiger partial charge >= 0.3 is 6.18 Å². The highest BCUT2D eigenvalue weighted by Crippen LogP contribution is 2.44. The minimum atomic E-state index is -4.43. The van der Waals surface area contributed by atoms with Crippen LogP contribution in [-0.4, -0.2) is 30.5 Å². The molecule has 23 heavy (non-hydrogen) atoms. The second-order valence-corrected chi connectivity index (χ2v) is 6.27. The molecule has 8 heteroatoms. The average molecular weight is 350 g/mol. The van der Waals surface area contributed by atoms with Crippen LogP contribution in [0, 0.1) is 11.3 Å². The van der Waals surface area contributed by atoms with Crippen LogP contribution in [0.5, 0.6) is 0 Å². The van der Waals surface area contributed by atoms with Crippen LogP contribution in [0.1, 0.15) is 25.3 Å². The van der Waals surface area contributed by atoms with E-state index in [9.17, 15) is 18.0 Å². The SMILES string of the molecule is CC1CNCCC12CC(=O)N(c1cc(C(F)(F)F)ccn1)C2.Cl. The number of rotatable bonds is 1. The van der Waals surface area contributed by atoms with Gasteiger partial charge in [0.05, 0.1) is 5.56 Å². The van der Waals surface area contributed by atoms with Gasteiger partial charge in [-0.05, 0) is 37.6 Å². The lowest BCUT2D eigenvalue weighted by atomic mass is 9.71. The number of amides is 1. The number of piperidine rings is 1. The lowest BCUT2D eigenvalue weighted by Crippen LogP contribution is -2.45. The Balaban J connectivity index is 0.00000192. The first-order valence-electron chi connectivity index (χ1n) is 7.36. The van der Waals surface area contributed by atoms with Gasteiger partial charge in [-0.3, -0.25) is 9.69 Å². The molecule has 1 amide bonds. The van der Waals surface area contributed by atoms with Gasteiger partial charge < -0.3 is 5.32 Å². The number of hydrogen-bond acceptors (Lipinski definition) is 3. The molecule has 3 rings (SSSR count). The first-order chi connectivity index (χ1) is 10.3. The van der Waals surface area contributed by atoms with E-state index in [1.54, 1.807) is 0 Å². The number of halogens is 4. The minimum absolute atomic E-state index is 0. The third-order valence-electron chi connectivity index (χ3n) is 4.92. The van der Waals surface area contributed by atoms with Crippen molar-refractivity contribution in [3.05, 3.63) is 23.9 Å². The van der Waals surface area contributed by atoms with Gasteiger partial charge in [0.15, 0.2) is 0 Å². The van der Waals surface area contributed by atoms with Gasteiger partial charge in [0.25, 0.3) is 0 Å². The summed E-state index contributed by atoms with van der Waals surface area (Å²) < 4.78 is 38.5. The van der Waals surface area contributed by atoms with Crippen LogP contribution in [0.15, 0.2) is 18.3 Å². The van der Waals surface area contributed by atoms with Gasteiger partial charge in [0.2, 0.25) is 5.91 Å². The van der Waals surface area contributed by atoms with Crippen LogP contribution in [0.25, 0.3) is 0 Å². The van der Waals surface area contributed by atoms with Crippen LogP contribution in [-0.2, 0) is 11.0 Å². The van der Waals surface area contributed by atoms with Crippen molar-refractivity contribution in [3.8, 4) is 0 Å². The number of hydrogen-bond donors (Lipinski definition) is 1. The molecule has 2 atom stereocenters. The molecule has 1 aromatic heterocycles. The van der Waals surface area contributed by atoms with E-state index < -0.39 is 11.7 Å². The molecule has 1 spiro atoms. The zero-order chi connectivity index (χ0) is 16.0. The third kappa shape index (κ3) is 3.30. The minimum Gasteiger partial charge on any atom is -0.316 e. The topological polar surface area (TPSA) is 45.2 Å². The zero-order valence-electron chi connectivity index (χ0n) is 12.7. The Morgan fingerprint density at radius 3 is 2.83 bits per heavy atom. The van der Waals surface area contributed by atoms with Crippen molar-refractivity contribution in [2.24, 2.45) is 11.3 Å². The fourth-order valence-corrected chi connectivity index (χ4v) is 3.42. The first-order valence-corrected chi connectivity index (χ1v) is 7.36. The highest BCUT2D eigenvalue weighted by Gasteiger charge is 2.48. The summed E-state index contributed by atoms with van der Waals surface area (Å²) in [6.45, 7) is 4.20. The van der Waals surface area contributed by atoms with E-state index in [0.29, 0.717) is 18.9 Å². The van der Waals surface area contributed by atoms with Crippen LogP contribution < -0.4 is 10.2 Å². The van der Waals surface area contributed by atoms with Crippen LogP contribution in [0.2, 0.25) is 0 Å². The third-order valence-corrected chi connectivity index (χ3v) is 4.92. The van der Waals surface area contributed by atoms with Crippen LogP contribution >= 0.6 is 12.4 Å². The number of nitrogens with zero attached hydrogens (tertiary/aromatic N) is 2. The Kier molecular flexibility index (Phi) is 4.92. The van der Waals surface area contributed by atoms with Gasteiger partial charge in [-0.15, -0.1) is 12.4 Å². The standard InChI is InChI=1S/C15H18F3N3O.ClH/c1-10-8-19-5-3-14(10)7-13(22)21(9-14)12-6-11(2-4-20-12)15(16,17)18;/h2,4,6,10,19H,3,5,7-9H2,1H3;1H. The number of pyridine rings is 1. The number of aromatic nitrogens is 1. The van der Waals surface area contributed by atoms with Crippen LogP contribution in [0.3, 0.4) is 0 Å². The molecule has 4 nitrogen and oxygen atoms in total. The molecule has 2 fully saturated rings. The molecule has 2 unspecified atom stereocenters. The smallest absolute Gasteiger partial charge is 0.316 e. The van der Waals surface area contributed by atoms with Gasteiger partial charge in [0, 0.05) is 24.6 Å². The van der Waals surface area contributed by atoms with E-state index in [1.807, 2.05) is 0 Å². The number of alkyl halides is 3. The molecule has 2 saturated heterocycles. The van der Waals surface area contributed by atoms with Crippen molar-refractivity contribution >= 4 is 24.1 Å². The second-order valence-electron chi connectivity index (χ2n) is 6.27. The molecule has 1 aromatic rings. The molecular formula is C15H19ClF3N3O. The summed E-state index contributed by atoms with van der Waals surface area (Å²) in [4.78, 5) is 17.7. The summed E-state index contributed by atoms with van der Waals surface area (Å²) >= 11 is 0. The Morgan fingerprint density at radius 1 is 1.43 bits per heavy atom. The summed E-state index contributed by atoms with van der Waals surface area (Å²) in [5.41, 5.74) is -0.928. The molecule has 2 aliphatic heterocycles. The van der Waals surface area contributed by atoms with E-state index in [-0.39, 0.29) is 29.5 Å². The van der Waals surface area contributed by atoms with E-state index in [0.717, 1.165) is 37.8 Å². The number of nitrogens with one attached hydrogen (secondary N) is 1. The maximum Gasteiger partial charge on any atom is 0.416 e. The normalized spacial score (nSPS) is 28.1. The predicted molar refractivity (Wildman–Crippen MR) is 82.5 cm³/mol. The summed E-state index contributed by atoms with van der Waals surface area (Å²) in [5, 5.41) is 3.29. The van der Waals surface area contributed by atoms with Gasteiger partial charge in [0.1, 0.15) is 5.82 Å². The monoisotopic (exact) mass is 349 g/mol. The summed E-state index contributed by atoms with van der Waals surface area (Å²) in [5.74, 6) is 0.268. The Labute approximate surface area is 138 Å². The Bertz CT molecular complexity index is 596. The highest BCUT2D eigenvalue weighted by atomic mass is 35.5. The highest BCUT2D eigenvalue weighted by molar-refractivity contribution is 5.95. The van der Waals surface area contributed by atoms with Crippen LogP contribution in [0.4, 0.5) is 19.0 Å². The van der Waals surface area contributed by atoms with E-state index in [1.165, 1.54) is 4.90 Å². The summed E-state index contributed by atoms with van der Waals surface area (Å²) in [6.07, 6.45) is -2.08. The fraction of sp³-hybridized carbons (Fsp3) is 0.600. The van der Waals surface area contributed by atoms with Crippen molar-refractivity contribution in [2.75, 3.05) is 24.5 Å².